The van der Waals surface area contributed by atoms with Crippen LogP contribution in [0.5, 0.6) is 0 Å². The first kappa shape index (κ1) is 16.0. The van der Waals surface area contributed by atoms with Gasteiger partial charge in [0, 0.05) is 11.0 Å². The summed E-state index contributed by atoms with van der Waals surface area (Å²) < 4.78 is 0.977. The maximum absolute atomic E-state index is 11.8. The summed E-state index contributed by atoms with van der Waals surface area (Å²) in [4.78, 5) is 11.8. The average Bonchev–Trinajstić information content (AvgIpc) is 2.33. The standard InChI is InChI=1S/C14H21BrN2O2/c1-4-12(10-7-5-6-8-11(10)15)17-13(18)16-9-14(2,3)19/h5-8,12,19H,4,9H2,1-3H3,(H2,16,17,18)/t12-/m1/s1. The van der Waals surface area contributed by atoms with Gasteiger partial charge in [-0.1, -0.05) is 41.1 Å². The molecule has 0 heterocycles. The fourth-order valence-electron chi connectivity index (χ4n) is 1.66. The molecule has 0 aliphatic heterocycles. The normalized spacial score (nSPS) is 12.9. The van der Waals surface area contributed by atoms with Crippen LogP contribution in [-0.2, 0) is 0 Å². The first-order valence-electron chi connectivity index (χ1n) is 6.34. The molecule has 1 aromatic rings. The van der Waals surface area contributed by atoms with Crippen molar-refractivity contribution in [3.63, 3.8) is 0 Å². The zero-order valence-corrected chi connectivity index (χ0v) is 13.1. The van der Waals surface area contributed by atoms with E-state index in [1.807, 2.05) is 31.2 Å². The Morgan fingerprint density at radius 3 is 2.58 bits per heavy atom. The Labute approximate surface area is 122 Å². The van der Waals surface area contributed by atoms with E-state index in [1.54, 1.807) is 13.8 Å². The van der Waals surface area contributed by atoms with Gasteiger partial charge in [-0.05, 0) is 31.9 Å². The van der Waals surface area contributed by atoms with E-state index < -0.39 is 5.60 Å². The summed E-state index contributed by atoms with van der Waals surface area (Å²) in [7, 11) is 0. The molecule has 0 fully saturated rings. The minimum atomic E-state index is -0.910. The van der Waals surface area contributed by atoms with Gasteiger partial charge in [-0.25, -0.2) is 4.79 Å². The number of hydrogen-bond acceptors (Lipinski definition) is 2. The van der Waals surface area contributed by atoms with Gasteiger partial charge in [-0.15, -0.1) is 0 Å². The second-order valence-corrected chi connectivity index (χ2v) is 5.98. The summed E-state index contributed by atoms with van der Waals surface area (Å²) in [5.74, 6) is 0. The molecule has 0 saturated heterocycles. The van der Waals surface area contributed by atoms with Crippen LogP contribution >= 0.6 is 15.9 Å². The maximum Gasteiger partial charge on any atom is 0.315 e. The molecule has 2 amide bonds. The van der Waals surface area contributed by atoms with Crippen LogP contribution < -0.4 is 10.6 Å². The molecule has 0 radical (unpaired) electrons. The third-order valence-electron chi connectivity index (χ3n) is 2.68. The molecule has 1 aromatic carbocycles. The molecule has 5 heteroatoms. The first-order chi connectivity index (χ1) is 8.83. The van der Waals surface area contributed by atoms with E-state index >= 15 is 0 Å². The highest BCUT2D eigenvalue weighted by molar-refractivity contribution is 9.10. The van der Waals surface area contributed by atoms with E-state index in [9.17, 15) is 9.90 Å². The van der Waals surface area contributed by atoms with E-state index in [0.29, 0.717) is 0 Å². The summed E-state index contributed by atoms with van der Waals surface area (Å²) in [6.45, 7) is 5.53. The van der Waals surface area contributed by atoms with Gasteiger partial charge in [-0.2, -0.15) is 0 Å². The fraction of sp³-hybridized carbons (Fsp3) is 0.500. The Balaban J connectivity index is 2.63. The number of amides is 2. The molecule has 0 aliphatic carbocycles. The molecule has 0 aliphatic rings. The van der Waals surface area contributed by atoms with Gasteiger partial charge < -0.3 is 15.7 Å². The number of carbonyl (C=O) groups is 1. The Hall–Kier alpha value is -1.07. The number of nitrogens with one attached hydrogen (secondary N) is 2. The summed E-state index contributed by atoms with van der Waals surface area (Å²) in [6.07, 6.45) is 0.790. The van der Waals surface area contributed by atoms with Crippen molar-refractivity contribution in [1.82, 2.24) is 10.6 Å². The number of benzene rings is 1. The quantitative estimate of drug-likeness (QED) is 0.778. The van der Waals surface area contributed by atoms with E-state index in [0.717, 1.165) is 16.5 Å². The van der Waals surface area contributed by atoms with E-state index in [2.05, 4.69) is 26.6 Å². The lowest BCUT2D eigenvalue weighted by Crippen LogP contribution is -2.44. The van der Waals surface area contributed by atoms with Crippen molar-refractivity contribution in [2.75, 3.05) is 6.54 Å². The molecule has 3 N–H and O–H groups in total. The summed E-state index contributed by atoms with van der Waals surface area (Å²) in [5, 5.41) is 15.1. The van der Waals surface area contributed by atoms with E-state index in [4.69, 9.17) is 0 Å². The molecule has 106 valence electrons. The second-order valence-electron chi connectivity index (χ2n) is 5.12. The van der Waals surface area contributed by atoms with Crippen molar-refractivity contribution in [2.45, 2.75) is 38.8 Å². The molecule has 4 nitrogen and oxygen atoms in total. The minimum Gasteiger partial charge on any atom is -0.389 e. The largest absolute Gasteiger partial charge is 0.389 e. The maximum atomic E-state index is 11.8. The number of rotatable bonds is 5. The van der Waals surface area contributed by atoms with Crippen molar-refractivity contribution in [3.05, 3.63) is 34.3 Å². The van der Waals surface area contributed by atoms with Crippen molar-refractivity contribution in [1.29, 1.82) is 0 Å². The Bertz CT molecular complexity index is 430. The number of urea groups is 1. The van der Waals surface area contributed by atoms with E-state index in [-0.39, 0.29) is 18.6 Å². The number of aliphatic hydroxyl groups is 1. The molecule has 1 atom stereocenters. The zero-order valence-electron chi connectivity index (χ0n) is 11.5. The van der Waals surface area contributed by atoms with Crippen LogP contribution in [0.2, 0.25) is 0 Å². The van der Waals surface area contributed by atoms with Crippen LogP contribution in [0.1, 0.15) is 38.8 Å². The molecule has 19 heavy (non-hydrogen) atoms. The van der Waals surface area contributed by atoms with Crippen molar-refractivity contribution >= 4 is 22.0 Å². The number of carbonyl (C=O) groups excluding carboxylic acids is 1. The lowest BCUT2D eigenvalue weighted by atomic mass is 10.1. The molecule has 0 spiro atoms. The molecule has 0 unspecified atom stereocenters. The topological polar surface area (TPSA) is 61.4 Å². The van der Waals surface area contributed by atoms with Gasteiger partial charge in [0.2, 0.25) is 0 Å². The predicted octanol–water partition coefficient (Wildman–Crippen LogP) is 2.97. The second kappa shape index (κ2) is 6.91. The summed E-state index contributed by atoms with van der Waals surface area (Å²) in [6, 6.07) is 7.48. The van der Waals surface area contributed by atoms with Gasteiger partial charge in [0.1, 0.15) is 0 Å². The Morgan fingerprint density at radius 2 is 2.05 bits per heavy atom. The summed E-state index contributed by atoms with van der Waals surface area (Å²) >= 11 is 3.49. The van der Waals surface area contributed by atoms with Crippen LogP contribution in [0.4, 0.5) is 4.79 Å². The predicted molar refractivity (Wildman–Crippen MR) is 80.0 cm³/mol. The minimum absolute atomic E-state index is 0.0580. The number of hydrogen-bond donors (Lipinski definition) is 3. The van der Waals surface area contributed by atoms with Crippen LogP contribution in [0.25, 0.3) is 0 Å². The smallest absolute Gasteiger partial charge is 0.315 e. The van der Waals surface area contributed by atoms with Gasteiger partial charge >= 0.3 is 6.03 Å². The van der Waals surface area contributed by atoms with Crippen LogP contribution in [-0.4, -0.2) is 23.3 Å². The van der Waals surface area contributed by atoms with Crippen LogP contribution in [0.3, 0.4) is 0 Å². The lowest BCUT2D eigenvalue weighted by Gasteiger charge is -2.22. The zero-order chi connectivity index (χ0) is 14.5. The van der Waals surface area contributed by atoms with Crippen molar-refractivity contribution in [3.8, 4) is 0 Å². The van der Waals surface area contributed by atoms with Gasteiger partial charge in [0.05, 0.1) is 11.6 Å². The number of halogens is 1. The molecule has 1 rings (SSSR count). The average molecular weight is 329 g/mol. The third-order valence-corrected chi connectivity index (χ3v) is 3.40. The Kier molecular flexibility index (Phi) is 5.82. The first-order valence-corrected chi connectivity index (χ1v) is 7.14. The lowest BCUT2D eigenvalue weighted by molar-refractivity contribution is 0.0817. The third kappa shape index (κ3) is 5.61. The SMILES string of the molecule is CC[C@@H](NC(=O)NCC(C)(C)O)c1ccccc1Br. The highest BCUT2D eigenvalue weighted by atomic mass is 79.9. The molecule has 0 bridgehead atoms. The monoisotopic (exact) mass is 328 g/mol. The Morgan fingerprint density at radius 1 is 1.42 bits per heavy atom. The van der Waals surface area contributed by atoms with Crippen molar-refractivity contribution < 1.29 is 9.90 Å². The highest BCUT2D eigenvalue weighted by Gasteiger charge is 2.17. The molecule has 0 saturated carbocycles. The summed E-state index contributed by atoms with van der Waals surface area (Å²) in [5.41, 5.74) is 0.134. The van der Waals surface area contributed by atoms with Gasteiger partial charge in [0.25, 0.3) is 0 Å². The molecular formula is C14H21BrN2O2. The van der Waals surface area contributed by atoms with E-state index in [1.165, 1.54) is 0 Å². The fourth-order valence-corrected chi connectivity index (χ4v) is 2.22. The van der Waals surface area contributed by atoms with Crippen LogP contribution in [0.15, 0.2) is 28.7 Å². The molecule has 0 aromatic heterocycles. The highest BCUT2D eigenvalue weighted by Crippen LogP contribution is 2.25. The van der Waals surface area contributed by atoms with Crippen molar-refractivity contribution in [2.24, 2.45) is 0 Å². The van der Waals surface area contributed by atoms with Gasteiger partial charge in [0.15, 0.2) is 0 Å². The van der Waals surface area contributed by atoms with Crippen LogP contribution in [0, 0.1) is 0 Å². The van der Waals surface area contributed by atoms with Gasteiger partial charge in [-0.3, -0.25) is 0 Å². The molecular weight excluding hydrogens is 308 g/mol.